The zero-order valence-electron chi connectivity index (χ0n) is 14.3. The highest BCUT2D eigenvalue weighted by Gasteiger charge is 2.30. The molecule has 0 unspecified atom stereocenters. The molecule has 126 valence electrons. The van der Waals surface area contributed by atoms with Crippen molar-refractivity contribution in [2.45, 2.75) is 50.7 Å². The summed E-state index contributed by atoms with van der Waals surface area (Å²) in [5, 5.41) is 0. The summed E-state index contributed by atoms with van der Waals surface area (Å²) in [6.07, 6.45) is 7.13. The van der Waals surface area contributed by atoms with E-state index in [0.29, 0.717) is 6.10 Å². The summed E-state index contributed by atoms with van der Waals surface area (Å²) in [6, 6.07) is 8.73. The van der Waals surface area contributed by atoms with Gasteiger partial charge in [-0.2, -0.15) is 0 Å². The van der Waals surface area contributed by atoms with E-state index in [9.17, 15) is 4.79 Å². The fourth-order valence-corrected chi connectivity index (χ4v) is 3.75. The minimum absolute atomic E-state index is 0.148. The number of anilines is 1. The number of rotatable bonds is 5. The van der Waals surface area contributed by atoms with Gasteiger partial charge < -0.3 is 14.5 Å². The molecule has 1 aliphatic heterocycles. The normalized spacial score (nSPS) is 21.8. The van der Waals surface area contributed by atoms with Crippen molar-refractivity contribution in [2.24, 2.45) is 0 Å². The minimum atomic E-state index is 0.148. The van der Waals surface area contributed by atoms with Crippen LogP contribution in [0.5, 0.6) is 0 Å². The molecule has 1 aromatic carbocycles. The lowest BCUT2D eigenvalue weighted by molar-refractivity contribution is -0.139. The standard InChI is InChI=1S/C19H28N2O2/c1-20(2)16-8-5-7-15(13-16)18-11-6-12-21(18)19(22)14-23-17-9-3-4-10-17/h5,7-8,13,17-18H,3-4,6,9-12,14H2,1-2H3/t18-/m1/s1. The zero-order chi connectivity index (χ0) is 16.2. The first-order valence-electron chi connectivity index (χ1n) is 8.83. The molecule has 3 rings (SSSR count). The molecule has 1 aromatic rings. The SMILES string of the molecule is CN(C)c1cccc([C@H]2CCCN2C(=O)COC2CCCC2)c1. The second-order valence-corrected chi connectivity index (χ2v) is 6.95. The van der Waals surface area contributed by atoms with Crippen LogP contribution >= 0.6 is 0 Å². The first kappa shape index (κ1) is 16.3. The van der Waals surface area contributed by atoms with Gasteiger partial charge in [-0.15, -0.1) is 0 Å². The average Bonchev–Trinajstić information content (AvgIpc) is 3.24. The predicted molar refractivity (Wildman–Crippen MR) is 92.7 cm³/mol. The molecule has 0 N–H and O–H groups in total. The molecule has 1 saturated carbocycles. The highest BCUT2D eigenvalue weighted by atomic mass is 16.5. The molecular formula is C19H28N2O2. The monoisotopic (exact) mass is 316 g/mol. The number of carbonyl (C=O) groups excluding carboxylic acids is 1. The third-order valence-corrected chi connectivity index (χ3v) is 5.09. The number of benzene rings is 1. The fourth-order valence-electron chi connectivity index (χ4n) is 3.75. The molecule has 0 aromatic heterocycles. The van der Waals surface area contributed by atoms with Gasteiger partial charge in [0.15, 0.2) is 0 Å². The van der Waals surface area contributed by atoms with Gasteiger partial charge in [-0.25, -0.2) is 0 Å². The van der Waals surface area contributed by atoms with E-state index in [2.05, 4.69) is 29.2 Å². The molecule has 4 heteroatoms. The van der Waals surface area contributed by atoms with Gasteiger partial charge in [-0.3, -0.25) is 4.79 Å². The molecule has 1 heterocycles. The molecule has 0 radical (unpaired) electrons. The Balaban J connectivity index is 1.64. The topological polar surface area (TPSA) is 32.8 Å². The van der Waals surface area contributed by atoms with E-state index in [1.165, 1.54) is 24.1 Å². The van der Waals surface area contributed by atoms with Crippen LogP contribution in [0.2, 0.25) is 0 Å². The third kappa shape index (κ3) is 3.86. The Kier molecular flexibility index (Phi) is 5.21. The van der Waals surface area contributed by atoms with E-state index in [0.717, 1.165) is 32.2 Å². The second-order valence-electron chi connectivity index (χ2n) is 6.95. The van der Waals surface area contributed by atoms with Gasteiger partial charge >= 0.3 is 0 Å². The van der Waals surface area contributed by atoms with Crippen LogP contribution in [0.3, 0.4) is 0 Å². The molecule has 0 bridgehead atoms. The zero-order valence-corrected chi connectivity index (χ0v) is 14.3. The highest BCUT2D eigenvalue weighted by Crippen LogP contribution is 2.33. The summed E-state index contributed by atoms with van der Waals surface area (Å²) < 4.78 is 5.82. The van der Waals surface area contributed by atoms with E-state index < -0.39 is 0 Å². The van der Waals surface area contributed by atoms with Crippen molar-refractivity contribution >= 4 is 11.6 Å². The molecule has 1 aliphatic carbocycles. The van der Waals surface area contributed by atoms with Crippen molar-refractivity contribution in [3.8, 4) is 0 Å². The largest absolute Gasteiger partial charge is 0.378 e. The third-order valence-electron chi connectivity index (χ3n) is 5.09. The van der Waals surface area contributed by atoms with E-state index in [4.69, 9.17) is 4.74 Å². The lowest BCUT2D eigenvalue weighted by atomic mass is 10.0. The Morgan fingerprint density at radius 1 is 1.22 bits per heavy atom. The average molecular weight is 316 g/mol. The number of hydrogen-bond acceptors (Lipinski definition) is 3. The summed E-state index contributed by atoms with van der Waals surface area (Å²) in [7, 11) is 4.10. The lowest BCUT2D eigenvalue weighted by Gasteiger charge is -2.26. The van der Waals surface area contributed by atoms with Crippen LogP contribution in [0.25, 0.3) is 0 Å². The van der Waals surface area contributed by atoms with Crippen LogP contribution in [-0.4, -0.2) is 44.2 Å². The Morgan fingerprint density at radius 2 is 2.00 bits per heavy atom. The first-order chi connectivity index (χ1) is 11.1. The van der Waals surface area contributed by atoms with Crippen LogP contribution in [0.15, 0.2) is 24.3 Å². The maximum Gasteiger partial charge on any atom is 0.249 e. The fraction of sp³-hybridized carbons (Fsp3) is 0.632. The van der Waals surface area contributed by atoms with Crippen molar-refractivity contribution in [3.05, 3.63) is 29.8 Å². The molecule has 23 heavy (non-hydrogen) atoms. The van der Waals surface area contributed by atoms with E-state index in [-0.39, 0.29) is 18.6 Å². The van der Waals surface area contributed by atoms with Gasteiger partial charge in [0.2, 0.25) is 5.91 Å². The quantitative estimate of drug-likeness (QED) is 0.835. The van der Waals surface area contributed by atoms with Crippen molar-refractivity contribution in [3.63, 3.8) is 0 Å². The van der Waals surface area contributed by atoms with Gasteiger partial charge in [-0.1, -0.05) is 25.0 Å². The Labute approximate surface area is 139 Å². The number of ether oxygens (including phenoxy) is 1. The Hall–Kier alpha value is -1.55. The van der Waals surface area contributed by atoms with Crippen molar-refractivity contribution in [1.29, 1.82) is 0 Å². The summed E-state index contributed by atoms with van der Waals surface area (Å²) in [4.78, 5) is 16.7. The van der Waals surface area contributed by atoms with Crippen LogP contribution < -0.4 is 4.90 Å². The highest BCUT2D eigenvalue weighted by molar-refractivity contribution is 5.78. The number of likely N-dealkylation sites (tertiary alicyclic amines) is 1. The summed E-state index contributed by atoms with van der Waals surface area (Å²) >= 11 is 0. The van der Waals surface area contributed by atoms with Crippen LogP contribution in [0.4, 0.5) is 5.69 Å². The predicted octanol–water partition coefficient (Wildman–Crippen LogP) is 3.38. The second kappa shape index (κ2) is 7.35. The molecule has 2 aliphatic rings. The van der Waals surface area contributed by atoms with Crippen LogP contribution in [-0.2, 0) is 9.53 Å². The maximum absolute atomic E-state index is 12.6. The number of nitrogens with zero attached hydrogens (tertiary/aromatic N) is 2. The van der Waals surface area contributed by atoms with Gasteiger partial charge in [0.25, 0.3) is 0 Å². The van der Waals surface area contributed by atoms with Crippen molar-refractivity contribution in [2.75, 3.05) is 32.1 Å². The maximum atomic E-state index is 12.6. The lowest BCUT2D eigenvalue weighted by Crippen LogP contribution is -2.34. The van der Waals surface area contributed by atoms with E-state index in [1.54, 1.807) is 0 Å². The number of hydrogen-bond donors (Lipinski definition) is 0. The van der Waals surface area contributed by atoms with Gasteiger partial charge in [0.05, 0.1) is 12.1 Å². The summed E-state index contributed by atoms with van der Waals surface area (Å²) in [5.74, 6) is 0.148. The van der Waals surface area contributed by atoms with Crippen molar-refractivity contribution < 1.29 is 9.53 Å². The smallest absolute Gasteiger partial charge is 0.249 e. The minimum Gasteiger partial charge on any atom is -0.378 e. The molecule has 0 spiro atoms. The number of amides is 1. The van der Waals surface area contributed by atoms with Gasteiger partial charge in [0.1, 0.15) is 6.61 Å². The first-order valence-corrected chi connectivity index (χ1v) is 8.83. The van der Waals surface area contributed by atoms with Crippen LogP contribution in [0, 0.1) is 0 Å². The number of carbonyl (C=O) groups is 1. The Morgan fingerprint density at radius 3 is 2.74 bits per heavy atom. The van der Waals surface area contributed by atoms with E-state index >= 15 is 0 Å². The summed E-state index contributed by atoms with van der Waals surface area (Å²) in [6.45, 7) is 1.10. The van der Waals surface area contributed by atoms with Gasteiger partial charge in [-0.05, 0) is 43.4 Å². The molecule has 2 fully saturated rings. The Bertz CT molecular complexity index is 538. The molecule has 4 nitrogen and oxygen atoms in total. The van der Waals surface area contributed by atoms with Crippen molar-refractivity contribution in [1.82, 2.24) is 4.90 Å². The molecular weight excluding hydrogens is 288 g/mol. The van der Waals surface area contributed by atoms with Crippen LogP contribution in [0.1, 0.15) is 50.1 Å². The molecule has 1 saturated heterocycles. The van der Waals surface area contributed by atoms with Gasteiger partial charge in [0, 0.05) is 26.3 Å². The molecule has 1 atom stereocenters. The molecule has 1 amide bonds. The van der Waals surface area contributed by atoms with E-state index in [1.807, 2.05) is 19.0 Å². The summed E-state index contributed by atoms with van der Waals surface area (Å²) in [5.41, 5.74) is 2.42.